The fourth-order valence-corrected chi connectivity index (χ4v) is 6.31. The first-order chi connectivity index (χ1) is 24.6. The highest BCUT2D eigenvalue weighted by Crippen LogP contribution is 2.43. The molecule has 300 valence electrons. The van der Waals surface area contributed by atoms with Gasteiger partial charge in [0.05, 0.1) is 13.2 Å². The monoisotopic (exact) mass is 748 g/mol. The molecule has 0 bridgehead atoms. The van der Waals surface area contributed by atoms with Crippen molar-refractivity contribution in [3.05, 3.63) is 12.2 Å². The summed E-state index contributed by atoms with van der Waals surface area (Å²) in [6, 6.07) is -1.52. The highest BCUT2D eigenvalue weighted by molar-refractivity contribution is 7.47. The van der Waals surface area contributed by atoms with Gasteiger partial charge in [0.1, 0.15) is 12.6 Å². The number of hydrogen-bond donors (Lipinski definition) is 3. The minimum atomic E-state index is -4.71. The van der Waals surface area contributed by atoms with Gasteiger partial charge in [-0.1, -0.05) is 148 Å². The number of carbonyl (C=O) groups is 3. The summed E-state index contributed by atoms with van der Waals surface area (Å²) in [5.41, 5.74) is 5.32. The molecular formula is C39H74NO10P. The van der Waals surface area contributed by atoms with Crippen LogP contribution in [0.5, 0.6) is 0 Å². The Balaban J connectivity index is 4.38. The highest BCUT2D eigenvalue weighted by Gasteiger charge is 2.28. The number of unbranched alkanes of at least 4 members (excludes halogenated alkanes) is 22. The van der Waals surface area contributed by atoms with Crippen LogP contribution in [0.3, 0.4) is 0 Å². The minimum Gasteiger partial charge on any atom is -0.480 e. The molecule has 0 amide bonds. The number of phosphoric acid groups is 1. The third-order valence-corrected chi connectivity index (χ3v) is 9.71. The molecule has 0 heterocycles. The molecule has 0 aromatic carbocycles. The maximum atomic E-state index is 12.6. The summed E-state index contributed by atoms with van der Waals surface area (Å²) in [5.74, 6) is -2.38. The van der Waals surface area contributed by atoms with E-state index < -0.39 is 51.1 Å². The molecule has 0 saturated heterocycles. The van der Waals surface area contributed by atoms with Gasteiger partial charge in [-0.05, 0) is 38.5 Å². The number of carboxylic acids is 1. The first-order valence-electron chi connectivity index (χ1n) is 20.2. The van der Waals surface area contributed by atoms with Crippen LogP contribution >= 0.6 is 7.82 Å². The molecule has 0 aliphatic rings. The zero-order valence-electron chi connectivity index (χ0n) is 32.2. The van der Waals surface area contributed by atoms with Gasteiger partial charge in [-0.15, -0.1) is 0 Å². The SMILES string of the molecule is CCCCC/C=C\CCCCCCCC(=O)OC(COC(=O)CCCCCCCCCCCCCCCCC)COP(=O)(O)OCC(N)C(=O)O. The number of aliphatic carboxylic acids is 1. The molecule has 0 radical (unpaired) electrons. The second-order valence-corrected chi connectivity index (χ2v) is 15.2. The van der Waals surface area contributed by atoms with E-state index >= 15 is 0 Å². The van der Waals surface area contributed by atoms with Gasteiger partial charge in [-0.3, -0.25) is 23.4 Å². The molecule has 3 atom stereocenters. The first-order valence-corrected chi connectivity index (χ1v) is 21.7. The van der Waals surface area contributed by atoms with E-state index in [9.17, 15) is 23.8 Å². The molecule has 51 heavy (non-hydrogen) atoms. The first kappa shape index (κ1) is 49.2. The predicted octanol–water partition coefficient (Wildman–Crippen LogP) is 10.1. The number of rotatable bonds is 38. The lowest BCUT2D eigenvalue weighted by Gasteiger charge is -2.20. The van der Waals surface area contributed by atoms with E-state index in [4.69, 9.17) is 24.8 Å². The maximum Gasteiger partial charge on any atom is 0.472 e. The van der Waals surface area contributed by atoms with Crippen LogP contribution in [0.25, 0.3) is 0 Å². The van der Waals surface area contributed by atoms with E-state index in [0.29, 0.717) is 12.8 Å². The van der Waals surface area contributed by atoms with Crippen LogP contribution in [0.2, 0.25) is 0 Å². The zero-order valence-corrected chi connectivity index (χ0v) is 33.1. The number of carboxylic acid groups (broad SMARTS) is 1. The average molecular weight is 748 g/mol. The van der Waals surface area contributed by atoms with Crippen molar-refractivity contribution < 1.29 is 47.5 Å². The molecule has 0 fully saturated rings. The summed E-state index contributed by atoms with van der Waals surface area (Å²) in [5, 5.41) is 8.86. The normalized spacial score (nSPS) is 14.0. The van der Waals surface area contributed by atoms with Gasteiger partial charge in [-0.2, -0.15) is 0 Å². The van der Waals surface area contributed by atoms with Gasteiger partial charge in [0.25, 0.3) is 0 Å². The van der Waals surface area contributed by atoms with E-state index in [1.807, 2.05) is 0 Å². The molecule has 3 unspecified atom stereocenters. The molecule has 0 aromatic heterocycles. The Morgan fingerprint density at radius 2 is 0.980 bits per heavy atom. The van der Waals surface area contributed by atoms with Gasteiger partial charge in [0, 0.05) is 12.8 Å². The molecule has 12 heteroatoms. The smallest absolute Gasteiger partial charge is 0.472 e. The minimum absolute atomic E-state index is 0.154. The van der Waals surface area contributed by atoms with Gasteiger partial charge < -0.3 is 25.2 Å². The third-order valence-electron chi connectivity index (χ3n) is 8.76. The van der Waals surface area contributed by atoms with Gasteiger partial charge in [0.15, 0.2) is 6.10 Å². The zero-order chi connectivity index (χ0) is 37.8. The summed E-state index contributed by atoms with van der Waals surface area (Å²) >= 11 is 0. The Hall–Kier alpha value is -1.78. The Morgan fingerprint density at radius 3 is 1.47 bits per heavy atom. The average Bonchev–Trinajstić information content (AvgIpc) is 3.10. The van der Waals surface area contributed by atoms with E-state index in [2.05, 4.69) is 30.5 Å². The molecule has 0 aliphatic heterocycles. The van der Waals surface area contributed by atoms with E-state index in [1.54, 1.807) is 0 Å². The number of ether oxygens (including phenoxy) is 2. The Morgan fingerprint density at radius 1 is 0.588 bits per heavy atom. The van der Waals surface area contributed by atoms with Crippen LogP contribution in [-0.4, -0.2) is 59.9 Å². The number of phosphoric ester groups is 1. The molecule has 11 nitrogen and oxygen atoms in total. The molecule has 0 saturated carbocycles. The van der Waals surface area contributed by atoms with Crippen LogP contribution in [0.1, 0.15) is 187 Å². The van der Waals surface area contributed by atoms with Crippen molar-refractivity contribution in [2.24, 2.45) is 5.73 Å². The van der Waals surface area contributed by atoms with Crippen molar-refractivity contribution in [1.82, 2.24) is 0 Å². The molecule has 0 aromatic rings. The van der Waals surface area contributed by atoms with E-state index in [1.165, 1.54) is 89.9 Å². The van der Waals surface area contributed by atoms with Crippen LogP contribution in [-0.2, 0) is 37.5 Å². The number of hydrogen-bond acceptors (Lipinski definition) is 9. The van der Waals surface area contributed by atoms with Crippen molar-refractivity contribution >= 4 is 25.7 Å². The summed E-state index contributed by atoms with van der Waals surface area (Å²) in [4.78, 5) is 45.8. The van der Waals surface area contributed by atoms with Crippen molar-refractivity contribution in [2.45, 2.75) is 199 Å². The predicted molar refractivity (Wildman–Crippen MR) is 203 cm³/mol. The molecular weight excluding hydrogens is 673 g/mol. The molecule has 0 rings (SSSR count). The van der Waals surface area contributed by atoms with Crippen molar-refractivity contribution in [3.8, 4) is 0 Å². The quantitative estimate of drug-likeness (QED) is 0.0237. The largest absolute Gasteiger partial charge is 0.480 e. The summed E-state index contributed by atoms with van der Waals surface area (Å²) in [6.07, 6.45) is 32.8. The summed E-state index contributed by atoms with van der Waals surface area (Å²) in [6.45, 7) is 2.77. The highest BCUT2D eigenvalue weighted by atomic mass is 31.2. The number of nitrogens with two attached hydrogens (primary N) is 1. The van der Waals surface area contributed by atoms with E-state index in [0.717, 1.165) is 57.8 Å². The van der Waals surface area contributed by atoms with Crippen LogP contribution in [0, 0.1) is 0 Å². The summed E-state index contributed by atoms with van der Waals surface area (Å²) in [7, 11) is -4.71. The third kappa shape index (κ3) is 35.0. The standard InChI is InChI=1S/C39H74NO10P/c1-3-5-7-9-11-13-15-17-18-19-21-22-24-26-28-30-37(41)47-32-35(33-48-51(45,46)49-34-36(40)39(43)44)50-38(42)31-29-27-25-23-20-16-14-12-10-8-6-4-2/h12,14,35-36H,3-11,13,15-34,40H2,1-2H3,(H,43,44)(H,45,46)/b14-12-. The fourth-order valence-electron chi connectivity index (χ4n) is 5.53. The van der Waals surface area contributed by atoms with Crippen LogP contribution in [0.15, 0.2) is 12.2 Å². The number of carbonyl (C=O) groups excluding carboxylic acids is 2. The lowest BCUT2D eigenvalue weighted by Crippen LogP contribution is -2.34. The Bertz CT molecular complexity index is 932. The fraction of sp³-hybridized carbons (Fsp3) is 0.872. The number of esters is 2. The topological polar surface area (TPSA) is 172 Å². The van der Waals surface area contributed by atoms with Crippen molar-refractivity contribution in [1.29, 1.82) is 0 Å². The van der Waals surface area contributed by atoms with Gasteiger partial charge in [0.2, 0.25) is 0 Å². The van der Waals surface area contributed by atoms with Crippen LogP contribution < -0.4 is 5.73 Å². The van der Waals surface area contributed by atoms with Crippen LogP contribution in [0.4, 0.5) is 0 Å². The maximum absolute atomic E-state index is 12.6. The Kier molecular flexibility index (Phi) is 34.0. The van der Waals surface area contributed by atoms with Crippen molar-refractivity contribution in [2.75, 3.05) is 19.8 Å². The second kappa shape index (κ2) is 35.3. The Labute approximate surface area is 309 Å². The summed E-state index contributed by atoms with van der Waals surface area (Å²) < 4.78 is 32.6. The molecule has 0 spiro atoms. The lowest BCUT2D eigenvalue weighted by molar-refractivity contribution is -0.161. The van der Waals surface area contributed by atoms with Gasteiger partial charge >= 0.3 is 25.7 Å². The number of allylic oxidation sites excluding steroid dienone is 2. The molecule has 0 aliphatic carbocycles. The van der Waals surface area contributed by atoms with E-state index in [-0.39, 0.29) is 19.4 Å². The lowest BCUT2D eigenvalue weighted by atomic mass is 10.0. The molecule has 4 N–H and O–H groups in total. The second-order valence-electron chi connectivity index (χ2n) is 13.8. The van der Waals surface area contributed by atoms with Gasteiger partial charge in [-0.25, -0.2) is 4.57 Å². The van der Waals surface area contributed by atoms with Crippen molar-refractivity contribution in [3.63, 3.8) is 0 Å².